The van der Waals surface area contributed by atoms with Crippen molar-refractivity contribution in [2.45, 2.75) is 96.9 Å². The van der Waals surface area contributed by atoms with E-state index in [1.165, 1.54) is 16.7 Å². The summed E-state index contributed by atoms with van der Waals surface area (Å²) in [6, 6.07) is 16.9. The zero-order valence-corrected chi connectivity index (χ0v) is 27.2. The summed E-state index contributed by atoms with van der Waals surface area (Å²) in [5, 5.41) is 1.12. The number of hydrogen-bond donors (Lipinski definition) is 0. The summed E-state index contributed by atoms with van der Waals surface area (Å²) in [6.45, 7) is 24.2. The summed E-state index contributed by atoms with van der Waals surface area (Å²) in [5.74, 6) is 0.928. The largest absolute Gasteiger partial charge is 0.489 e. The standard InChI is InChI=1S/C29H47BrO3Si2/c1-28(2,3)34(7,8)32-19-18-25-20-24(27(21-30)33-35(9,10)29(4,5)6)16-17-26(25)31-22-23-14-12-11-13-15-23/h11-17,20,27H,18-19,21-22H2,1-10H3. The Morgan fingerprint density at radius 2 is 1.43 bits per heavy atom. The molecule has 6 heteroatoms. The molecule has 0 fully saturated rings. The SMILES string of the molecule is CC(C)(C)[Si](C)(C)OCCc1cc(C(CBr)O[Si](C)(C)C(C)(C)C)ccc1OCc1ccccc1. The number of hydrogen-bond acceptors (Lipinski definition) is 3. The smallest absolute Gasteiger partial charge is 0.192 e. The van der Waals surface area contributed by atoms with Gasteiger partial charge in [-0.1, -0.05) is 93.9 Å². The van der Waals surface area contributed by atoms with Gasteiger partial charge in [-0.15, -0.1) is 0 Å². The van der Waals surface area contributed by atoms with Crippen LogP contribution in [0, 0.1) is 0 Å². The van der Waals surface area contributed by atoms with Crippen LogP contribution < -0.4 is 4.74 Å². The van der Waals surface area contributed by atoms with Crippen molar-refractivity contribution in [1.29, 1.82) is 0 Å². The average Bonchev–Trinajstić information content (AvgIpc) is 2.75. The Morgan fingerprint density at radius 1 is 0.829 bits per heavy atom. The maximum absolute atomic E-state index is 6.79. The second kappa shape index (κ2) is 12.1. The number of rotatable bonds is 11. The predicted octanol–water partition coefficient (Wildman–Crippen LogP) is 9.29. The normalized spacial score (nSPS) is 14.1. The zero-order chi connectivity index (χ0) is 26.5. The second-order valence-electron chi connectivity index (χ2n) is 12.5. The monoisotopic (exact) mass is 578 g/mol. The highest BCUT2D eigenvalue weighted by molar-refractivity contribution is 9.09. The second-order valence-corrected chi connectivity index (χ2v) is 22.7. The maximum Gasteiger partial charge on any atom is 0.192 e. The molecule has 0 aliphatic heterocycles. The quantitative estimate of drug-likeness (QED) is 0.196. The lowest BCUT2D eigenvalue weighted by Crippen LogP contribution is -2.42. The van der Waals surface area contributed by atoms with E-state index < -0.39 is 16.6 Å². The van der Waals surface area contributed by atoms with E-state index >= 15 is 0 Å². The van der Waals surface area contributed by atoms with Gasteiger partial charge in [0.25, 0.3) is 0 Å². The van der Waals surface area contributed by atoms with E-state index in [1.807, 2.05) is 6.07 Å². The molecule has 0 spiro atoms. The van der Waals surface area contributed by atoms with Crippen molar-refractivity contribution in [3.05, 3.63) is 65.2 Å². The molecule has 196 valence electrons. The molecule has 0 amide bonds. The van der Waals surface area contributed by atoms with Gasteiger partial charge < -0.3 is 13.6 Å². The van der Waals surface area contributed by atoms with Crippen LogP contribution in [0.4, 0.5) is 0 Å². The molecular weight excluding hydrogens is 532 g/mol. The number of halogens is 1. The van der Waals surface area contributed by atoms with Crippen molar-refractivity contribution in [3.8, 4) is 5.75 Å². The Kier molecular flexibility index (Phi) is 10.5. The van der Waals surface area contributed by atoms with Crippen LogP contribution in [0.1, 0.15) is 64.3 Å². The first-order valence-electron chi connectivity index (χ1n) is 12.7. The molecule has 0 N–H and O–H groups in total. The molecule has 0 heterocycles. The van der Waals surface area contributed by atoms with Crippen LogP contribution in [-0.2, 0) is 21.9 Å². The third-order valence-corrected chi connectivity index (χ3v) is 17.3. The van der Waals surface area contributed by atoms with Crippen LogP contribution in [0.3, 0.4) is 0 Å². The van der Waals surface area contributed by atoms with Crippen molar-refractivity contribution in [2.75, 3.05) is 11.9 Å². The van der Waals surface area contributed by atoms with Gasteiger partial charge in [-0.05, 0) is 71.5 Å². The first-order valence-corrected chi connectivity index (χ1v) is 19.7. The molecular formula is C29H47BrO3Si2. The molecule has 0 radical (unpaired) electrons. The molecule has 1 atom stereocenters. The molecule has 0 aliphatic rings. The fraction of sp³-hybridized carbons (Fsp3) is 0.586. The summed E-state index contributed by atoms with van der Waals surface area (Å²) in [5.41, 5.74) is 3.54. The van der Waals surface area contributed by atoms with E-state index in [0.29, 0.717) is 13.2 Å². The first-order chi connectivity index (χ1) is 16.1. The van der Waals surface area contributed by atoms with E-state index in [2.05, 4.69) is 126 Å². The first kappa shape index (κ1) is 30.3. The summed E-state index contributed by atoms with van der Waals surface area (Å²) in [6.07, 6.45) is 0.832. The van der Waals surface area contributed by atoms with Gasteiger partial charge in [-0.2, -0.15) is 0 Å². The van der Waals surface area contributed by atoms with E-state index in [1.54, 1.807) is 0 Å². The van der Waals surface area contributed by atoms with Gasteiger partial charge in [0.05, 0.1) is 6.10 Å². The lowest BCUT2D eigenvalue weighted by atomic mass is 10.0. The van der Waals surface area contributed by atoms with Crippen LogP contribution in [0.25, 0.3) is 0 Å². The van der Waals surface area contributed by atoms with Crippen molar-refractivity contribution in [1.82, 2.24) is 0 Å². The number of alkyl halides is 1. The Bertz CT molecular complexity index is 931. The third kappa shape index (κ3) is 8.56. The Balaban J connectivity index is 2.29. The Hall–Kier alpha value is -0.926. The van der Waals surface area contributed by atoms with Crippen LogP contribution in [-0.4, -0.2) is 28.6 Å². The van der Waals surface area contributed by atoms with Gasteiger partial charge >= 0.3 is 0 Å². The predicted molar refractivity (Wildman–Crippen MR) is 159 cm³/mol. The fourth-order valence-electron chi connectivity index (χ4n) is 3.22. The minimum atomic E-state index is -1.91. The van der Waals surface area contributed by atoms with Gasteiger partial charge in [-0.3, -0.25) is 0 Å². The average molecular weight is 580 g/mol. The van der Waals surface area contributed by atoms with Gasteiger partial charge in [-0.25, -0.2) is 0 Å². The fourth-order valence-corrected chi connectivity index (χ4v) is 6.30. The molecule has 0 saturated carbocycles. The highest BCUT2D eigenvalue weighted by Gasteiger charge is 2.39. The van der Waals surface area contributed by atoms with Gasteiger partial charge in [0, 0.05) is 11.9 Å². The van der Waals surface area contributed by atoms with E-state index in [4.69, 9.17) is 13.6 Å². The third-order valence-electron chi connectivity index (χ3n) is 7.72. The van der Waals surface area contributed by atoms with Crippen LogP contribution in [0.5, 0.6) is 5.75 Å². The molecule has 0 saturated heterocycles. The van der Waals surface area contributed by atoms with Crippen molar-refractivity contribution >= 4 is 32.6 Å². The highest BCUT2D eigenvalue weighted by Crippen LogP contribution is 2.41. The van der Waals surface area contributed by atoms with E-state index in [9.17, 15) is 0 Å². The molecule has 0 bridgehead atoms. The van der Waals surface area contributed by atoms with Gasteiger partial charge in [0.2, 0.25) is 0 Å². The van der Waals surface area contributed by atoms with Crippen LogP contribution in [0.2, 0.25) is 36.3 Å². The zero-order valence-electron chi connectivity index (χ0n) is 23.6. The van der Waals surface area contributed by atoms with Crippen LogP contribution in [0.15, 0.2) is 48.5 Å². The Labute approximate surface area is 225 Å². The number of ether oxygens (including phenoxy) is 1. The minimum Gasteiger partial charge on any atom is -0.489 e. The lowest BCUT2D eigenvalue weighted by Gasteiger charge is -2.39. The summed E-state index contributed by atoms with van der Waals surface area (Å²) in [4.78, 5) is 0. The van der Waals surface area contributed by atoms with Gasteiger partial charge in [0.1, 0.15) is 12.4 Å². The summed E-state index contributed by atoms with van der Waals surface area (Å²) >= 11 is 3.72. The molecule has 2 aromatic rings. The molecule has 0 aromatic heterocycles. The summed E-state index contributed by atoms with van der Waals surface area (Å²) in [7, 11) is -3.72. The minimum absolute atomic E-state index is 0.0131. The number of benzene rings is 2. The van der Waals surface area contributed by atoms with E-state index in [0.717, 1.165) is 17.5 Å². The van der Waals surface area contributed by atoms with E-state index in [-0.39, 0.29) is 16.2 Å². The molecule has 2 aromatic carbocycles. The molecule has 0 aliphatic carbocycles. The highest BCUT2D eigenvalue weighted by atomic mass is 79.9. The van der Waals surface area contributed by atoms with Crippen LogP contribution >= 0.6 is 15.9 Å². The molecule has 2 rings (SSSR count). The van der Waals surface area contributed by atoms with Crippen molar-refractivity contribution < 1.29 is 13.6 Å². The van der Waals surface area contributed by atoms with Crippen molar-refractivity contribution in [3.63, 3.8) is 0 Å². The van der Waals surface area contributed by atoms with Crippen molar-refractivity contribution in [2.24, 2.45) is 0 Å². The molecule has 3 nitrogen and oxygen atoms in total. The van der Waals surface area contributed by atoms with Gasteiger partial charge in [0.15, 0.2) is 16.6 Å². The topological polar surface area (TPSA) is 27.7 Å². The maximum atomic E-state index is 6.79. The Morgan fingerprint density at radius 3 is 1.97 bits per heavy atom. The molecule has 1 unspecified atom stereocenters. The summed E-state index contributed by atoms with van der Waals surface area (Å²) < 4.78 is 19.6. The lowest BCUT2D eigenvalue weighted by molar-refractivity contribution is 0.208. The molecule has 35 heavy (non-hydrogen) atoms.